The standard InChI is InChI=1S/C9H9F4NOS2/c10-7-5-6(1-2-8(7)14)17(15)4-3-16-9(11,12)13/h1-2,5H,3-4,14H2. The number of alkyl halides is 3. The molecule has 0 spiro atoms. The van der Waals surface area contributed by atoms with Gasteiger partial charge in [-0.3, -0.25) is 4.21 Å². The largest absolute Gasteiger partial charge is 0.441 e. The number of halogens is 4. The third-order valence-electron chi connectivity index (χ3n) is 1.77. The zero-order valence-electron chi connectivity index (χ0n) is 8.46. The van der Waals surface area contributed by atoms with Crippen LogP contribution < -0.4 is 5.73 Å². The minimum atomic E-state index is -4.34. The Kier molecular flexibility index (Phi) is 4.81. The Labute approximate surface area is 102 Å². The molecule has 0 aliphatic carbocycles. The van der Waals surface area contributed by atoms with Crippen LogP contribution in [0.2, 0.25) is 0 Å². The van der Waals surface area contributed by atoms with Gasteiger partial charge in [0.2, 0.25) is 0 Å². The summed E-state index contributed by atoms with van der Waals surface area (Å²) >= 11 is -0.248. The topological polar surface area (TPSA) is 43.1 Å². The monoisotopic (exact) mass is 287 g/mol. The fourth-order valence-electron chi connectivity index (χ4n) is 1.00. The van der Waals surface area contributed by atoms with Gasteiger partial charge in [-0.1, -0.05) is 11.8 Å². The fourth-order valence-corrected chi connectivity index (χ4v) is 2.86. The van der Waals surface area contributed by atoms with Crippen LogP contribution in [0.3, 0.4) is 0 Å². The Balaban J connectivity index is 2.56. The van der Waals surface area contributed by atoms with Crippen molar-refractivity contribution in [2.24, 2.45) is 0 Å². The molecular formula is C9H9F4NOS2. The zero-order valence-corrected chi connectivity index (χ0v) is 10.1. The first-order valence-corrected chi connectivity index (χ1v) is 6.74. The maximum absolute atomic E-state index is 13.0. The van der Waals surface area contributed by atoms with Crippen LogP contribution in [0.1, 0.15) is 0 Å². The molecule has 17 heavy (non-hydrogen) atoms. The molecular weight excluding hydrogens is 278 g/mol. The number of benzene rings is 1. The predicted octanol–water partition coefficient (Wildman–Crippen LogP) is 2.77. The molecule has 1 aromatic rings. The van der Waals surface area contributed by atoms with E-state index in [2.05, 4.69) is 0 Å². The summed E-state index contributed by atoms with van der Waals surface area (Å²) in [4.78, 5) is 0.138. The number of hydrogen-bond donors (Lipinski definition) is 1. The molecule has 0 aliphatic heterocycles. The first-order chi connectivity index (χ1) is 7.79. The molecule has 0 saturated heterocycles. The second-order valence-corrected chi connectivity index (χ2v) is 5.76. The molecule has 0 aliphatic rings. The predicted molar refractivity (Wildman–Crippen MR) is 60.6 cm³/mol. The van der Waals surface area contributed by atoms with E-state index in [4.69, 9.17) is 5.73 Å². The summed E-state index contributed by atoms with van der Waals surface area (Å²) in [6, 6.07) is 3.55. The SMILES string of the molecule is Nc1ccc(S(=O)CCSC(F)(F)F)cc1F. The van der Waals surface area contributed by atoms with Gasteiger partial charge in [0.1, 0.15) is 5.82 Å². The summed E-state index contributed by atoms with van der Waals surface area (Å²) in [6.45, 7) is 0. The summed E-state index contributed by atoms with van der Waals surface area (Å²) < 4.78 is 60.0. The minimum absolute atomic E-state index is 0.0876. The number of nitrogen functional groups attached to an aromatic ring is 1. The Morgan fingerprint density at radius 2 is 2.00 bits per heavy atom. The second-order valence-electron chi connectivity index (χ2n) is 3.03. The quantitative estimate of drug-likeness (QED) is 0.684. The molecule has 1 atom stereocenters. The van der Waals surface area contributed by atoms with Gasteiger partial charge in [0.15, 0.2) is 0 Å². The Hall–Kier alpha value is -0.760. The average Bonchev–Trinajstić information content (AvgIpc) is 2.20. The van der Waals surface area contributed by atoms with E-state index >= 15 is 0 Å². The van der Waals surface area contributed by atoms with Crippen molar-refractivity contribution in [1.82, 2.24) is 0 Å². The van der Waals surface area contributed by atoms with E-state index in [1.807, 2.05) is 0 Å². The lowest BCUT2D eigenvalue weighted by Crippen LogP contribution is -2.07. The van der Waals surface area contributed by atoms with Crippen LogP contribution >= 0.6 is 11.8 Å². The number of hydrogen-bond acceptors (Lipinski definition) is 3. The van der Waals surface area contributed by atoms with Gasteiger partial charge in [0.05, 0.1) is 16.5 Å². The van der Waals surface area contributed by atoms with Crippen molar-refractivity contribution in [3.8, 4) is 0 Å². The highest BCUT2D eigenvalue weighted by Crippen LogP contribution is 2.30. The van der Waals surface area contributed by atoms with Crippen LogP contribution in [0.4, 0.5) is 23.2 Å². The van der Waals surface area contributed by atoms with E-state index in [-0.39, 0.29) is 33.9 Å². The van der Waals surface area contributed by atoms with Gasteiger partial charge in [-0.05, 0) is 18.2 Å². The molecule has 0 heterocycles. The van der Waals surface area contributed by atoms with Gasteiger partial charge in [-0.25, -0.2) is 4.39 Å². The minimum Gasteiger partial charge on any atom is -0.396 e. The average molecular weight is 287 g/mol. The molecule has 2 nitrogen and oxygen atoms in total. The van der Waals surface area contributed by atoms with E-state index in [1.54, 1.807) is 0 Å². The molecule has 1 unspecified atom stereocenters. The van der Waals surface area contributed by atoms with E-state index < -0.39 is 22.1 Å². The molecule has 0 radical (unpaired) electrons. The summed E-state index contributed by atoms with van der Waals surface area (Å²) in [5.41, 5.74) is 0.795. The summed E-state index contributed by atoms with van der Waals surface area (Å²) in [5, 5.41) is 0. The number of thioether (sulfide) groups is 1. The van der Waals surface area contributed by atoms with Gasteiger partial charge in [0, 0.05) is 16.4 Å². The maximum Gasteiger partial charge on any atom is 0.441 e. The van der Waals surface area contributed by atoms with Crippen LogP contribution in [0.25, 0.3) is 0 Å². The highest BCUT2D eigenvalue weighted by atomic mass is 32.2. The molecule has 1 aromatic carbocycles. The molecule has 0 bridgehead atoms. The molecule has 0 fully saturated rings. The number of anilines is 1. The second kappa shape index (κ2) is 5.72. The van der Waals surface area contributed by atoms with Crippen LogP contribution in [-0.4, -0.2) is 21.2 Å². The number of nitrogens with two attached hydrogens (primary N) is 1. The van der Waals surface area contributed by atoms with Gasteiger partial charge in [-0.2, -0.15) is 13.2 Å². The fraction of sp³-hybridized carbons (Fsp3) is 0.333. The first-order valence-electron chi connectivity index (χ1n) is 4.43. The van der Waals surface area contributed by atoms with Crippen molar-refractivity contribution in [2.75, 3.05) is 17.2 Å². The molecule has 96 valence electrons. The van der Waals surface area contributed by atoms with Crippen LogP contribution in [-0.2, 0) is 10.8 Å². The molecule has 8 heteroatoms. The van der Waals surface area contributed by atoms with Crippen molar-refractivity contribution < 1.29 is 21.8 Å². The van der Waals surface area contributed by atoms with Crippen LogP contribution in [0, 0.1) is 5.82 Å². The van der Waals surface area contributed by atoms with Crippen molar-refractivity contribution in [2.45, 2.75) is 10.4 Å². The zero-order chi connectivity index (χ0) is 13.1. The van der Waals surface area contributed by atoms with Crippen LogP contribution in [0.5, 0.6) is 0 Å². The molecule has 0 aromatic heterocycles. The lowest BCUT2D eigenvalue weighted by Gasteiger charge is -2.06. The van der Waals surface area contributed by atoms with Gasteiger partial charge >= 0.3 is 5.51 Å². The Bertz CT molecular complexity index is 422. The van der Waals surface area contributed by atoms with E-state index in [0.717, 1.165) is 6.07 Å². The van der Waals surface area contributed by atoms with Crippen LogP contribution in [0.15, 0.2) is 23.1 Å². The van der Waals surface area contributed by atoms with E-state index in [9.17, 15) is 21.8 Å². The molecule has 1 rings (SSSR count). The molecule has 2 N–H and O–H groups in total. The van der Waals surface area contributed by atoms with Crippen molar-refractivity contribution in [3.05, 3.63) is 24.0 Å². The summed E-state index contributed by atoms with van der Waals surface area (Å²) in [7, 11) is -1.65. The Morgan fingerprint density at radius 1 is 1.35 bits per heavy atom. The molecule has 0 amide bonds. The van der Waals surface area contributed by atoms with E-state index in [1.165, 1.54) is 12.1 Å². The normalized spacial score (nSPS) is 13.6. The van der Waals surface area contributed by atoms with Crippen molar-refractivity contribution >= 4 is 28.2 Å². The van der Waals surface area contributed by atoms with Gasteiger partial charge < -0.3 is 5.73 Å². The number of rotatable bonds is 4. The van der Waals surface area contributed by atoms with Gasteiger partial charge in [-0.15, -0.1) is 0 Å². The smallest absolute Gasteiger partial charge is 0.396 e. The third-order valence-corrected chi connectivity index (χ3v) is 4.12. The highest BCUT2D eigenvalue weighted by Gasteiger charge is 2.27. The first kappa shape index (κ1) is 14.3. The van der Waals surface area contributed by atoms with Crippen molar-refractivity contribution in [1.29, 1.82) is 0 Å². The highest BCUT2D eigenvalue weighted by molar-refractivity contribution is 8.00. The third kappa shape index (κ3) is 4.95. The van der Waals surface area contributed by atoms with Gasteiger partial charge in [0.25, 0.3) is 0 Å². The van der Waals surface area contributed by atoms with E-state index in [0.29, 0.717) is 0 Å². The maximum atomic E-state index is 13.0. The summed E-state index contributed by atoms with van der Waals surface area (Å²) in [5.74, 6) is -1.24. The summed E-state index contributed by atoms with van der Waals surface area (Å²) in [6.07, 6.45) is 0. The Morgan fingerprint density at radius 3 is 2.53 bits per heavy atom. The van der Waals surface area contributed by atoms with Crippen molar-refractivity contribution in [3.63, 3.8) is 0 Å². The lowest BCUT2D eigenvalue weighted by atomic mass is 10.3. The molecule has 0 saturated carbocycles. The lowest BCUT2D eigenvalue weighted by molar-refractivity contribution is -0.0326.